The summed E-state index contributed by atoms with van der Waals surface area (Å²) in [5, 5.41) is 7.23. The van der Waals surface area contributed by atoms with E-state index in [0.717, 1.165) is 38.2 Å². The molecule has 3 heterocycles. The Kier molecular flexibility index (Phi) is 3.80. The van der Waals surface area contributed by atoms with Crippen LogP contribution in [0.15, 0.2) is 30.9 Å². The second-order valence-corrected chi connectivity index (χ2v) is 5.17. The van der Waals surface area contributed by atoms with E-state index in [2.05, 4.69) is 20.0 Å². The van der Waals surface area contributed by atoms with Crippen molar-refractivity contribution >= 4 is 5.91 Å². The second kappa shape index (κ2) is 5.90. The summed E-state index contributed by atoms with van der Waals surface area (Å²) in [6.07, 6.45) is 10.7. The predicted octanol–water partition coefficient (Wildman–Crippen LogP) is 0.991. The highest BCUT2D eigenvalue weighted by Gasteiger charge is 2.19. The molecule has 2 aromatic rings. The zero-order valence-corrected chi connectivity index (χ0v) is 11.4. The molecule has 2 aromatic heterocycles. The van der Waals surface area contributed by atoms with Crippen molar-refractivity contribution in [3.05, 3.63) is 36.7 Å². The van der Waals surface area contributed by atoms with Crippen LogP contribution in [0.3, 0.4) is 0 Å². The first-order chi connectivity index (χ1) is 9.81. The fourth-order valence-electron chi connectivity index (χ4n) is 2.62. The van der Waals surface area contributed by atoms with Gasteiger partial charge >= 0.3 is 0 Å². The maximum atomic E-state index is 11.9. The van der Waals surface area contributed by atoms with E-state index in [0.29, 0.717) is 6.42 Å². The van der Waals surface area contributed by atoms with Gasteiger partial charge in [0.05, 0.1) is 0 Å². The fraction of sp³-hybridized carbons (Fsp3) is 0.500. The molecule has 0 bridgehead atoms. The quantitative estimate of drug-likeness (QED) is 0.883. The van der Waals surface area contributed by atoms with Crippen LogP contribution in [0.1, 0.15) is 25.1 Å². The third-order valence-corrected chi connectivity index (χ3v) is 3.65. The summed E-state index contributed by atoms with van der Waals surface area (Å²) in [7, 11) is 0. The van der Waals surface area contributed by atoms with Gasteiger partial charge in [-0.05, 0) is 18.9 Å². The summed E-state index contributed by atoms with van der Waals surface area (Å²) in [5.41, 5.74) is 0. The number of fused-ring (bicyclic) bond motifs is 1. The van der Waals surface area contributed by atoms with E-state index in [1.54, 1.807) is 6.20 Å². The fourth-order valence-corrected chi connectivity index (χ4v) is 2.62. The van der Waals surface area contributed by atoms with Crippen molar-refractivity contribution in [2.45, 2.75) is 44.8 Å². The second-order valence-electron chi connectivity index (χ2n) is 5.17. The van der Waals surface area contributed by atoms with Crippen molar-refractivity contribution in [1.82, 2.24) is 24.6 Å². The Balaban J connectivity index is 1.41. The highest BCUT2D eigenvalue weighted by Crippen LogP contribution is 2.13. The molecule has 1 aliphatic heterocycles. The summed E-state index contributed by atoms with van der Waals surface area (Å²) in [6.45, 7) is 1.62. The van der Waals surface area contributed by atoms with Gasteiger partial charge in [0.2, 0.25) is 5.91 Å². The number of aromatic nitrogens is 4. The van der Waals surface area contributed by atoms with Crippen LogP contribution in [0.25, 0.3) is 0 Å². The summed E-state index contributed by atoms with van der Waals surface area (Å²) >= 11 is 0. The minimum atomic E-state index is 0.130. The summed E-state index contributed by atoms with van der Waals surface area (Å²) in [5.74, 6) is 1.25. The van der Waals surface area contributed by atoms with Gasteiger partial charge in [-0.3, -0.25) is 9.48 Å². The Labute approximate surface area is 117 Å². The molecule has 0 radical (unpaired) electrons. The average Bonchev–Trinajstić information content (AvgIpc) is 3.08. The van der Waals surface area contributed by atoms with Crippen LogP contribution in [0.5, 0.6) is 0 Å². The number of hydrogen-bond acceptors (Lipinski definition) is 3. The monoisotopic (exact) mass is 273 g/mol. The number of carbonyl (C=O) groups excluding carboxylic acids is 1. The molecule has 1 N–H and O–H groups in total. The van der Waals surface area contributed by atoms with E-state index in [1.807, 2.05) is 29.3 Å². The number of imidazole rings is 1. The molecular formula is C14H19N5O. The van der Waals surface area contributed by atoms with Gasteiger partial charge in [0, 0.05) is 56.8 Å². The van der Waals surface area contributed by atoms with Crippen LogP contribution in [-0.4, -0.2) is 31.3 Å². The highest BCUT2D eigenvalue weighted by atomic mass is 16.1. The molecule has 6 nitrogen and oxygen atoms in total. The molecule has 0 saturated heterocycles. The molecule has 0 saturated carbocycles. The van der Waals surface area contributed by atoms with Gasteiger partial charge in [-0.25, -0.2) is 4.98 Å². The maximum absolute atomic E-state index is 11.9. The highest BCUT2D eigenvalue weighted by molar-refractivity contribution is 5.76. The minimum absolute atomic E-state index is 0.130. The molecule has 6 heteroatoms. The van der Waals surface area contributed by atoms with Gasteiger partial charge in [0.1, 0.15) is 5.82 Å². The summed E-state index contributed by atoms with van der Waals surface area (Å²) in [4.78, 5) is 16.2. The first kappa shape index (κ1) is 12.9. The molecule has 0 unspecified atom stereocenters. The van der Waals surface area contributed by atoms with Crippen LogP contribution >= 0.6 is 0 Å². The lowest BCUT2D eigenvalue weighted by atomic mass is 10.1. The molecule has 0 aliphatic carbocycles. The van der Waals surface area contributed by atoms with E-state index in [-0.39, 0.29) is 11.9 Å². The molecule has 0 aromatic carbocycles. The smallest absolute Gasteiger partial charge is 0.220 e. The van der Waals surface area contributed by atoms with Crippen molar-refractivity contribution < 1.29 is 4.79 Å². The molecule has 0 fully saturated rings. The Morgan fingerprint density at radius 1 is 1.40 bits per heavy atom. The Morgan fingerprint density at radius 2 is 2.35 bits per heavy atom. The number of amides is 1. The first-order valence-corrected chi connectivity index (χ1v) is 7.08. The van der Waals surface area contributed by atoms with Crippen LogP contribution in [0.4, 0.5) is 0 Å². The van der Waals surface area contributed by atoms with Crippen LogP contribution in [0.2, 0.25) is 0 Å². The number of carbonyl (C=O) groups is 1. The predicted molar refractivity (Wildman–Crippen MR) is 73.9 cm³/mol. The Morgan fingerprint density at radius 3 is 3.20 bits per heavy atom. The first-order valence-electron chi connectivity index (χ1n) is 7.08. The van der Waals surface area contributed by atoms with Crippen molar-refractivity contribution in [3.8, 4) is 0 Å². The Bertz CT molecular complexity index is 560. The molecular weight excluding hydrogens is 254 g/mol. The normalized spacial score (nSPS) is 17.7. The van der Waals surface area contributed by atoms with Gasteiger partial charge in [-0.15, -0.1) is 0 Å². The number of nitrogens with one attached hydrogen (secondary N) is 1. The van der Waals surface area contributed by atoms with E-state index in [9.17, 15) is 4.79 Å². The van der Waals surface area contributed by atoms with E-state index >= 15 is 0 Å². The molecule has 106 valence electrons. The standard InChI is InChI=1S/C14H19N5O/c20-14(3-1-8-19-9-2-6-16-19)17-12-4-5-13-15-7-10-18(13)11-12/h2,6-7,9-10,12H,1,3-5,8,11H2,(H,17,20)/t12-/m1/s1. The van der Waals surface area contributed by atoms with Crippen LogP contribution in [-0.2, 0) is 24.3 Å². The van der Waals surface area contributed by atoms with Gasteiger partial charge < -0.3 is 9.88 Å². The topological polar surface area (TPSA) is 64.7 Å². The van der Waals surface area contributed by atoms with Gasteiger partial charge in [0.15, 0.2) is 0 Å². The number of hydrogen-bond donors (Lipinski definition) is 1. The third-order valence-electron chi connectivity index (χ3n) is 3.65. The van der Waals surface area contributed by atoms with Crippen molar-refractivity contribution in [2.24, 2.45) is 0 Å². The maximum Gasteiger partial charge on any atom is 0.220 e. The lowest BCUT2D eigenvalue weighted by Gasteiger charge is -2.24. The lowest BCUT2D eigenvalue weighted by Crippen LogP contribution is -2.40. The minimum Gasteiger partial charge on any atom is -0.352 e. The summed E-state index contributed by atoms with van der Waals surface area (Å²) in [6, 6.07) is 2.12. The molecule has 0 spiro atoms. The Hall–Kier alpha value is -2.11. The van der Waals surface area contributed by atoms with E-state index < -0.39 is 0 Å². The summed E-state index contributed by atoms with van der Waals surface area (Å²) < 4.78 is 3.98. The number of nitrogens with zero attached hydrogens (tertiary/aromatic N) is 4. The molecule has 3 rings (SSSR count). The van der Waals surface area contributed by atoms with Crippen LogP contribution in [0, 0.1) is 0 Å². The van der Waals surface area contributed by atoms with Crippen molar-refractivity contribution in [1.29, 1.82) is 0 Å². The number of rotatable bonds is 5. The molecule has 1 atom stereocenters. The van der Waals surface area contributed by atoms with Gasteiger partial charge in [0.25, 0.3) is 0 Å². The SMILES string of the molecule is O=C(CCCn1cccn1)N[C@@H]1CCc2nccn2C1. The molecule has 20 heavy (non-hydrogen) atoms. The molecule has 1 amide bonds. The van der Waals surface area contributed by atoms with E-state index in [1.165, 1.54) is 0 Å². The van der Waals surface area contributed by atoms with Crippen molar-refractivity contribution in [3.63, 3.8) is 0 Å². The lowest BCUT2D eigenvalue weighted by molar-refractivity contribution is -0.122. The number of aryl methyl sites for hydroxylation is 2. The zero-order chi connectivity index (χ0) is 13.8. The van der Waals surface area contributed by atoms with Crippen LogP contribution < -0.4 is 5.32 Å². The zero-order valence-electron chi connectivity index (χ0n) is 11.4. The van der Waals surface area contributed by atoms with Gasteiger partial charge in [-0.2, -0.15) is 5.10 Å². The average molecular weight is 273 g/mol. The third kappa shape index (κ3) is 3.07. The molecule has 1 aliphatic rings. The van der Waals surface area contributed by atoms with Crippen molar-refractivity contribution in [2.75, 3.05) is 0 Å². The largest absolute Gasteiger partial charge is 0.352 e. The van der Waals surface area contributed by atoms with Gasteiger partial charge in [-0.1, -0.05) is 0 Å². The van der Waals surface area contributed by atoms with E-state index in [4.69, 9.17) is 0 Å².